The number of amides is 1. The van der Waals surface area contributed by atoms with E-state index >= 15 is 0 Å². The molecule has 1 rings (SSSR count). The number of carboxylic acid groups (broad SMARTS) is 1. The minimum atomic E-state index is -4.17. The van der Waals surface area contributed by atoms with Crippen LogP contribution in [0.3, 0.4) is 0 Å². The van der Waals surface area contributed by atoms with E-state index in [1.165, 1.54) is 6.07 Å². The maximum absolute atomic E-state index is 12.0. The molecule has 7 nitrogen and oxygen atoms in total. The molecule has 110 valence electrons. The van der Waals surface area contributed by atoms with Crippen LogP contribution < -0.4 is 10.5 Å². The van der Waals surface area contributed by atoms with Crippen LogP contribution in [0.1, 0.15) is 6.42 Å². The average Bonchev–Trinajstić information content (AvgIpc) is 2.30. The third kappa shape index (κ3) is 4.34. The van der Waals surface area contributed by atoms with Gasteiger partial charge in [-0.3, -0.25) is 9.59 Å². The molecule has 0 fully saturated rings. The Morgan fingerprint density at radius 3 is 2.35 bits per heavy atom. The number of nitrogens with two attached hydrogens (primary N) is 1. The zero-order valence-electron chi connectivity index (χ0n) is 9.84. The molecule has 1 aromatic rings. The quantitative estimate of drug-likeness (QED) is 0.698. The molecule has 0 saturated carbocycles. The SMILES string of the molecule is NC(=O)CC(NS(=O)(=O)c1ccc(Cl)c(Cl)c1)C(=O)O. The minimum absolute atomic E-state index is 0.00341. The van der Waals surface area contributed by atoms with Gasteiger partial charge in [-0.25, -0.2) is 8.42 Å². The third-order valence-electron chi connectivity index (χ3n) is 2.20. The van der Waals surface area contributed by atoms with Crippen molar-refractivity contribution in [2.75, 3.05) is 0 Å². The van der Waals surface area contributed by atoms with Crippen molar-refractivity contribution in [1.82, 2.24) is 4.72 Å². The van der Waals surface area contributed by atoms with Gasteiger partial charge < -0.3 is 10.8 Å². The van der Waals surface area contributed by atoms with Gasteiger partial charge in [0.15, 0.2) is 0 Å². The van der Waals surface area contributed by atoms with Crippen LogP contribution in [0.4, 0.5) is 0 Å². The van der Waals surface area contributed by atoms with Gasteiger partial charge in [-0.15, -0.1) is 0 Å². The molecule has 0 aliphatic carbocycles. The standard InChI is InChI=1S/C10H10Cl2N2O5S/c11-6-2-1-5(3-7(6)12)20(18,19)14-8(10(16)17)4-9(13)15/h1-3,8,14H,4H2,(H2,13,15)(H,16,17). The molecule has 0 radical (unpaired) electrons. The monoisotopic (exact) mass is 340 g/mol. The number of carbonyl (C=O) groups excluding carboxylic acids is 1. The summed E-state index contributed by atoms with van der Waals surface area (Å²) in [5.74, 6) is -2.47. The number of carbonyl (C=O) groups is 2. The first-order valence-electron chi connectivity index (χ1n) is 5.12. The van der Waals surface area contributed by atoms with Crippen LogP contribution in [-0.2, 0) is 19.6 Å². The molecule has 4 N–H and O–H groups in total. The van der Waals surface area contributed by atoms with Gasteiger partial charge in [-0.1, -0.05) is 23.2 Å². The van der Waals surface area contributed by atoms with Crippen LogP contribution in [0.5, 0.6) is 0 Å². The van der Waals surface area contributed by atoms with Crippen LogP contribution in [-0.4, -0.2) is 31.4 Å². The topological polar surface area (TPSA) is 127 Å². The van der Waals surface area contributed by atoms with Gasteiger partial charge in [0.2, 0.25) is 15.9 Å². The lowest BCUT2D eigenvalue weighted by atomic mass is 10.2. The van der Waals surface area contributed by atoms with Gasteiger partial charge in [0.05, 0.1) is 21.4 Å². The second kappa shape index (κ2) is 6.40. The van der Waals surface area contributed by atoms with E-state index in [4.69, 9.17) is 34.0 Å². The Bertz CT molecular complexity index is 647. The summed E-state index contributed by atoms with van der Waals surface area (Å²) in [4.78, 5) is 21.3. The number of nitrogens with one attached hydrogen (secondary N) is 1. The number of benzene rings is 1. The zero-order valence-corrected chi connectivity index (χ0v) is 12.2. The number of sulfonamides is 1. The smallest absolute Gasteiger partial charge is 0.322 e. The molecule has 0 aliphatic rings. The van der Waals surface area contributed by atoms with Crippen molar-refractivity contribution in [2.24, 2.45) is 5.73 Å². The molecule has 0 aromatic heterocycles. The molecule has 20 heavy (non-hydrogen) atoms. The van der Waals surface area contributed by atoms with E-state index < -0.39 is 34.4 Å². The molecule has 10 heteroatoms. The second-order valence-electron chi connectivity index (χ2n) is 3.76. The molecule has 1 atom stereocenters. The first-order chi connectivity index (χ1) is 9.13. The number of rotatable bonds is 6. The molecular formula is C10H10Cl2N2O5S. The molecule has 0 aliphatic heterocycles. The molecule has 1 unspecified atom stereocenters. The van der Waals surface area contributed by atoms with E-state index in [1.807, 2.05) is 4.72 Å². The van der Waals surface area contributed by atoms with Crippen molar-refractivity contribution in [3.63, 3.8) is 0 Å². The van der Waals surface area contributed by atoms with Gasteiger partial charge in [-0.05, 0) is 18.2 Å². The van der Waals surface area contributed by atoms with Crippen LogP contribution in [0.2, 0.25) is 10.0 Å². The predicted octanol–water partition coefficient (Wildman–Crippen LogP) is 0.600. The molecule has 0 heterocycles. The Morgan fingerprint density at radius 1 is 1.30 bits per heavy atom. The zero-order chi connectivity index (χ0) is 15.5. The van der Waals surface area contributed by atoms with Crippen molar-refractivity contribution >= 4 is 45.1 Å². The normalized spacial score (nSPS) is 12.9. The summed E-state index contributed by atoms with van der Waals surface area (Å²) in [6.45, 7) is 0. The lowest BCUT2D eigenvalue weighted by molar-refractivity contribution is -0.140. The summed E-state index contributed by atoms with van der Waals surface area (Å²) >= 11 is 11.3. The van der Waals surface area contributed by atoms with E-state index in [0.29, 0.717) is 0 Å². The Balaban J connectivity index is 3.06. The molecule has 1 amide bonds. The Hall–Kier alpha value is -1.35. The Kier molecular flexibility index (Phi) is 5.35. The molecular weight excluding hydrogens is 331 g/mol. The van der Waals surface area contributed by atoms with Crippen molar-refractivity contribution in [3.8, 4) is 0 Å². The van der Waals surface area contributed by atoms with Crippen LogP contribution in [0.25, 0.3) is 0 Å². The van der Waals surface area contributed by atoms with Crippen molar-refractivity contribution in [2.45, 2.75) is 17.4 Å². The van der Waals surface area contributed by atoms with Crippen LogP contribution >= 0.6 is 23.2 Å². The molecule has 0 bridgehead atoms. The number of hydrogen-bond donors (Lipinski definition) is 3. The third-order valence-corrected chi connectivity index (χ3v) is 4.41. The van der Waals surface area contributed by atoms with Gasteiger partial charge in [0.1, 0.15) is 6.04 Å². The van der Waals surface area contributed by atoms with E-state index in [9.17, 15) is 18.0 Å². The van der Waals surface area contributed by atoms with Crippen molar-refractivity contribution < 1.29 is 23.1 Å². The highest BCUT2D eigenvalue weighted by Crippen LogP contribution is 2.24. The number of carboxylic acids is 1. The molecule has 1 aromatic carbocycles. The molecule has 0 spiro atoms. The molecule has 0 saturated heterocycles. The van der Waals surface area contributed by atoms with E-state index in [1.54, 1.807) is 0 Å². The van der Waals surface area contributed by atoms with Gasteiger partial charge >= 0.3 is 5.97 Å². The second-order valence-corrected chi connectivity index (χ2v) is 6.29. The Labute approximate surface area is 124 Å². The fraction of sp³-hybridized carbons (Fsp3) is 0.200. The van der Waals surface area contributed by atoms with E-state index in [2.05, 4.69) is 0 Å². The minimum Gasteiger partial charge on any atom is -0.480 e. The van der Waals surface area contributed by atoms with Gasteiger partial charge in [-0.2, -0.15) is 4.72 Å². The highest BCUT2D eigenvalue weighted by atomic mass is 35.5. The summed E-state index contributed by atoms with van der Waals surface area (Å²) in [5.41, 5.74) is 4.86. The fourth-order valence-electron chi connectivity index (χ4n) is 1.28. The number of halogens is 2. The van der Waals surface area contributed by atoms with Gasteiger partial charge in [0.25, 0.3) is 0 Å². The largest absolute Gasteiger partial charge is 0.480 e. The van der Waals surface area contributed by atoms with Crippen LogP contribution in [0, 0.1) is 0 Å². The lowest BCUT2D eigenvalue weighted by Crippen LogP contribution is -2.43. The van der Waals surface area contributed by atoms with Crippen LogP contribution in [0.15, 0.2) is 23.1 Å². The summed E-state index contributed by atoms with van der Waals surface area (Å²) < 4.78 is 25.8. The number of primary amides is 1. The summed E-state index contributed by atoms with van der Waals surface area (Å²) in [7, 11) is -4.17. The summed E-state index contributed by atoms with van der Waals surface area (Å²) in [5, 5.41) is 9.00. The summed E-state index contributed by atoms with van der Waals surface area (Å²) in [6.07, 6.45) is -0.671. The maximum atomic E-state index is 12.0. The average molecular weight is 341 g/mol. The highest BCUT2D eigenvalue weighted by molar-refractivity contribution is 7.89. The Morgan fingerprint density at radius 2 is 1.90 bits per heavy atom. The predicted molar refractivity (Wildman–Crippen MR) is 72.0 cm³/mol. The van der Waals surface area contributed by atoms with E-state index in [0.717, 1.165) is 12.1 Å². The maximum Gasteiger partial charge on any atom is 0.322 e. The van der Waals surface area contributed by atoms with Gasteiger partial charge in [0, 0.05) is 0 Å². The number of aliphatic carboxylic acids is 1. The van der Waals surface area contributed by atoms with Crippen molar-refractivity contribution in [1.29, 1.82) is 0 Å². The summed E-state index contributed by atoms with van der Waals surface area (Å²) in [6, 6.07) is 1.81. The van der Waals surface area contributed by atoms with Crippen molar-refractivity contribution in [3.05, 3.63) is 28.2 Å². The highest BCUT2D eigenvalue weighted by Gasteiger charge is 2.27. The fourth-order valence-corrected chi connectivity index (χ4v) is 2.86. The van der Waals surface area contributed by atoms with E-state index in [-0.39, 0.29) is 14.9 Å². The number of hydrogen-bond acceptors (Lipinski definition) is 4. The lowest BCUT2D eigenvalue weighted by Gasteiger charge is -2.13. The first-order valence-corrected chi connectivity index (χ1v) is 7.36. The first kappa shape index (κ1) is 16.7.